The van der Waals surface area contributed by atoms with Crippen LogP contribution in [0, 0.1) is 5.92 Å². The first-order valence-corrected chi connectivity index (χ1v) is 8.38. The van der Waals surface area contributed by atoms with Gasteiger partial charge in [0.15, 0.2) is 0 Å². The van der Waals surface area contributed by atoms with Gasteiger partial charge in [-0.15, -0.1) is 0 Å². The van der Waals surface area contributed by atoms with Gasteiger partial charge < -0.3 is 15.1 Å². The van der Waals surface area contributed by atoms with Gasteiger partial charge >= 0.3 is 0 Å². The van der Waals surface area contributed by atoms with Crippen LogP contribution in [0.2, 0.25) is 0 Å². The van der Waals surface area contributed by atoms with Crippen molar-refractivity contribution in [3.63, 3.8) is 0 Å². The number of hydrogen-bond acceptors (Lipinski definition) is 3. The van der Waals surface area contributed by atoms with Crippen molar-refractivity contribution in [2.45, 2.75) is 51.0 Å². The topological polar surface area (TPSA) is 18.5 Å². The molecule has 0 aromatic rings. The monoisotopic (exact) mass is 267 g/mol. The third-order valence-corrected chi connectivity index (χ3v) is 5.07. The minimum atomic E-state index is 0.747. The minimum Gasteiger partial charge on any atom is -0.317 e. The zero-order valence-corrected chi connectivity index (χ0v) is 13.0. The molecular weight excluding hydrogens is 234 g/mol. The Morgan fingerprint density at radius 1 is 1.05 bits per heavy atom. The van der Waals surface area contributed by atoms with Crippen molar-refractivity contribution in [1.82, 2.24) is 15.1 Å². The smallest absolute Gasteiger partial charge is 0.0109 e. The Labute approximate surface area is 119 Å². The Balaban J connectivity index is 1.70. The van der Waals surface area contributed by atoms with Crippen LogP contribution in [0.5, 0.6) is 0 Å². The van der Waals surface area contributed by atoms with Gasteiger partial charge in [-0.3, -0.25) is 0 Å². The number of nitrogens with one attached hydrogen (secondary N) is 1. The first-order valence-electron chi connectivity index (χ1n) is 8.38. The normalized spacial score (nSPS) is 29.8. The lowest BCUT2D eigenvalue weighted by Gasteiger charge is -2.30. The van der Waals surface area contributed by atoms with E-state index in [-0.39, 0.29) is 0 Å². The van der Waals surface area contributed by atoms with Gasteiger partial charge in [-0.25, -0.2) is 0 Å². The SMILES string of the molecule is CNC1CCCCCC1CN(C)CCN1CCCC1. The van der Waals surface area contributed by atoms with E-state index in [0.29, 0.717) is 0 Å². The molecule has 2 aliphatic rings. The van der Waals surface area contributed by atoms with Crippen molar-refractivity contribution in [2.24, 2.45) is 5.92 Å². The third-order valence-electron chi connectivity index (χ3n) is 5.07. The highest BCUT2D eigenvalue weighted by Gasteiger charge is 2.23. The second-order valence-corrected chi connectivity index (χ2v) is 6.60. The van der Waals surface area contributed by atoms with Gasteiger partial charge in [-0.2, -0.15) is 0 Å². The van der Waals surface area contributed by atoms with Crippen molar-refractivity contribution in [3.05, 3.63) is 0 Å². The maximum absolute atomic E-state index is 3.56. The molecule has 2 fully saturated rings. The van der Waals surface area contributed by atoms with E-state index in [1.54, 1.807) is 0 Å². The molecular formula is C16H33N3. The van der Waals surface area contributed by atoms with E-state index in [4.69, 9.17) is 0 Å². The number of likely N-dealkylation sites (tertiary alicyclic amines) is 1. The maximum Gasteiger partial charge on any atom is 0.0109 e. The Bertz CT molecular complexity index is 238. The van der Waals surface area contributed by atoms with Crippen molar-refractivity contribution in [3.8, 4) is 0 Å². The van der Waals surface area contributed by atoms with Crippen LogP contribution in [0.4, 0.5) is 0 Å². The minimum absolute atomic E-state index is 0.747. The van der Waals surface area contributed by atoms with E-state index < -0.39 is 0 Å². The molecule has 19 heavy (non-hydrogen) atoms. The van der Waals surface area contributed by atoms with Gasteiger partial charge in [0.25, 0.3) is 0 Å². The summed E-state index contributed by atoms with van der Waals surface area (Å²) in [6.07, 6.45) is 9.90. The van der Waals surface area contributed by atoms with Crippen molar-refractivity contribution in [1.29, 1.82) is 0 Å². The zero-order valence-electron chi connectivity index (χ0n) is 13.0. The van der Waals surface area contributed by atoms with E-state index in [1.165, 1.54) is 77.7 Å². The van der Waals surface area contributed by atoms with Gasteiger partial charge in [0.05, 0.1) is 0 Å². The molecule has 0 spiro atoms. The fraction of sp³-hybridized carbons (Fsp3) is 1.00. The summed E-state index contributed by atoms with van der Waals surface area (Å²) in [6, 6.07) is 0.747. The number of nitrogens with zero attached hydrogens (tertiary/aromatic N) is 2. The molecule has 1 N–H and O–H groups in total. The molecule has 3 nitrogen and oxygen atoms in total. The summed E-state index contributed by atoms with van der Waals surface area (Å²) in [5.74, 6) is 0.857. The standard InChI is InChI=1S/C16H33N3/c1-17-16-9-5-3-4-8-15(16)14-18(2)12-13-19-10-6-7-11-19/h15-17H,3-14H2,1-2H3. The molecule has 2 atom stereocenters. The molecule has 2 rings (SSSR count). The van der Waals surface area contributed by atoms with Crippen molar-refractivity contribution >= 4 is 0 Å². The van der Waals surface area contributed by atoms with Crippen LogP contribution in [0.15, 0.2) is 0 Å². The summed E-state index contributed by atoms with van der Waals surface area (Å²) in [7, 11) is 4.46. The summed E-state index contributed by atoms with van der Waals surface area (Å²) in [5, 5.41) is 3.56. The molecule has 1 saturated heterocycles. The molecule has 1 aliphatic carbocycles. The average molecular weight is 267 g/mol. The number of hydrogen-bond donors (Lipinski definition) is 1. The van der Waals surface area contributed by atoms with Crippen LogP contribution in [0.25, 0.3) is 0 Å². The van der Waals surface area contributed by atoms with Crippen LogP contribution in [0.1, 0.15) is 44.9 Å². The predicted octanol–water partition coefficient (Wildman–Crippen LogP) is 2.18. The van der Waals surface area contributed by atoms with E-state index in [0.717, 1.165) is 12.0 Å². The van der Waals surface area contributed by atoms with Gasteiger partial charge in [0.1, 0.15) is 0 Å². The van der Waals surface area contributed by atoms with Crippen LogP contribution >= 0.6 is 0 Å². The van der Waals surface area contributed by atoms with E-state index in [1.807, 2.05) is 0 Å². The summed E-state index contributed by atoms with van der Waals surface area (Å²) in [4.78, 5) is 5.19. The molecule has 0 radical (unpaired) electrons. The quantitative estimate of drug-likeness (QED) is 0.744. The van der Waals surface area contributed by atoms with Gasteiger partial charge in [0, 0.05) is 25.7 Å². The van der Waals surface area contributed by atoms with Crippen LogP contribution in [-0.4, -0.2) is 62.7 Å². The molecule has 1 aliphatic heterocycles. The molecule has 0 aromatic carbocycles. The Hall–Kier alpha value is -0.120. The summed E-state index contributed by atoms with van der Waals surface area (Å²) in [5.41, 5.74) is 0. The Morgan fingerprint density at radius 2 is 1.79 bits per heavy atom. The first-order chi connectivity index (χ1) is 9.29. The second-order valence-electron chi connectivity index (χ2n) is 6.60. The molecule has 112 valence electrons. The highest BCUT2D eigenvalue weighted by Crippen LogP contribution is 2.24. The van der Waals surface area contributed by atoms with Gasteiger partial charge in [-0.05, 0) is 58.8 Å². The molecule has 0 bridgehead atoms. The molecule has 1 heterocycles. The lowest BCUT2D eigenvalue weighted by atomic mass is 9.94. The van der Waals surface area contributed by atoms with E-state index in [2.05, 4.69) is 29.2 Å². The second kappa shape index (κ2) is 8.23. The van der Waals surface area contributed by atoms with Crippen LogP contribution in [-0.2, 0) is 0 Å². The van der Waals surface area contributed by atoms with Gasteiger partial charge in [0.2, 0.25) is 0 Å². The van der Waals surface area contributed by atoms with E-state index in [9.17, 15) is 0 Å². The molecule has 0 aromatic heterocycles. The summed E-state index contributed by atoms with van der Waals surface area (Å²) in [6.45, 7) is 6.45. The lowest BCUT2D eigenvalue weighted by molar-refractivity contribution is 0.204. The first kappa shape index (κ1) is 15.3. The Morgan fingerprint density at radius 3 is 2.53 bits per heavy atom. The lowest BCUT2D eigenvalue weighted by Crippen LogP contribution is -2.41. The maximum atomic E-state index is 3.56. The molecule has 2 unspecified atom stereocenters. The largest absolute Gasteiger partial charge is 0.317 e. The third kappa shape index (κ3) is 5.05. The number of likely N-dealkylation sites (N-methyl/N-ethyl adjacent to an activating group) is 1. The summed E-state index contributed by atoms with van der Waals surface area (Å²) < 4.78 is 0. The van der Waals surface area contributed by atoms with E-state index >= 15 is 0 Å². The van der Waals surface area contributed by atoms with Gasteiger partial charge in [-0.1, -0.05) is 19.3 Å². The highest BCUT2D eigenvalue weighted by molar-refractivity contribution is 4.80. The molecule has 1 saturated carbocycles. The fourth-order valence-corrected chi connectivity index (χ4v) is 3.79. The highest BCUT2D eigenvalue weighted by atomic mass is 15.2. The van der Waals surface area contributed by atoms with Crippen LogP contribution < -0.4 is 5.32 Å². The van der Waals surface area contributed by atoms with Crippen LogP contribution in [0.3, 0.4) is 0 Å². The zero-order chi connectivity index (χ0) is 13.5. The molecule has 3 heteroatoms. The molecule has 0 amide bonds. The predicted molar refractivity (Wildman–Crippen MR) is 82.6 cm³/mol. The average Bonchev–Trinajstić information content (AvgIpc) is 2.83. The Kier molecular flexibility index (Phi) is 6.62. The van der Waals surface area contributed by atoms with Crippen molar-refractivity contribution < 1.29 is 0 Å². The fourth-order valence-electron chi connectivity index (χ4n) is 3.79. The summed E-state index contributed by atoms with van der Waals surface area (Å²) >= 11 is 0. The number of rotatable bonds is 6. The van der Waals surface area contributed by atoms with Crippen molar-refractivity contribution in [2.75, 3.05) is 46.8 Å².